The van der Waals surface area contributed by atoms with Crippen LogP contribution < -0.4 is 10.6 Å². The van der Waals surface area contributed by atoms with E-state index in [1.807, 2.05) is 13.8 Å². The molecule has 0 aliphatic rings. The summed E-state index contributed by atoms with van der Waals surface area (Å²) in [7, 11) is 3.39. The van der Waals surface area contributed by atoms with Gasteiger partial charge in [-0.1, -0.05) is 5.16 Å². The lowest BCUT2D eigenvalue weighted by molar-refractivity contribution is 0.0268. The van der Waals surface area contributed by atoms with Crippen LogP contribution in [0.1, 0.15) is 25.6 Å². The molecule has 2 N–H and O–H groups in total. The third-order valence-electron chi connectivity index (χ3n) is 2.44. The Labute approximate surface area is 107 Å². The number of nitrogens with zero attached hydrogens (tertiary/aromatic N) is 3. The number of rotatable bonds is 5. The third kappa shape index (κ3) is 4.70. The van der Waals surface area contributed by atoms with Gasteiger partial charge in [-0.25, -0.2) is 0 Å². The quantitative estimate of drug-likeness (QED) is 0.587. The molecule has 0 saturated carbocycles. The highest BCUT2D eigenvalue weighted by Gasteiger charge is 2.16. The maximum absolute atomic E-state index is 5.31. The van der Waals surface area contributed by atoms with E-state index >= 15 is 0 Å². The van der Waals surface area contributed by atoms with Gasteiger partial charge in [0.15, 0.2) is 11.8 Å². The molecule has 1 aromatic heterocycles. The van der Waals surface area contributed by atoms with Gasteiger partial charge in [0.1, 0.15) is 0 Å². The zero-order valence-electron chi connectivity index (χ0n) is 11.6. The van der Waals surface area contributed by atoms with E-state index < -0.39 is 0 Å². The van der Waals surface area contributed by atoms with E-state index in [0.717, 1.165) is 0 Å². The molecule has 0 aliphatic heterocycles. The van der Waals surface area contributed by atoms with E-state index in [1.54, 1.807) is 21.1 Å². The second-order valence-electron chi connectivity index (χ2n) is 4.47. The number of aromatic nitrogens is 2. The predicted molar refractivity (Wildman–Crippen MR) is 68.3 cm³/mol. The number of hydrogen-bond donors (Lipinski definition) is 2. The minimum atomic E-state index is -0.250. The Hall–Kier alpha value is -1.63. The average molecular weight is 255 g/mol. The van der Waals surface area contributed by atoms with Gasteiger partial charge in [-0.2, -0.15) is 4.98 Å². The number of aliphatic imine (C=N–C) groups is 1. The second kappa shape index (κ2) is 6.34. The van der Waals surface area contributed by atoms with Crippen molar-refractivity contribution in [3.63, 3.8) is 0 Å². The lowest BCUT2D eigenvalue weighted by Gasteiger charge is -2.24. The van der Waals surface area contributed by atoms with E-state index in [1.165, 1.54) is 0 Å². The van der Waals surface area contributed by atoms with Crippen molar-refractivity contribution in [3.05, 3.63) is 11.7 Å². The summed E-state index contributed by atoms with van der Waals surface area (Å²) in [5.74, 6) is 1.82. The van der Waals surface area contributed by atoms with Crippen LogP contribution >= 0.6 is 0 Å². The smallest absolute Gasteiger partial charge is 0.223 e. The number of nitrogens with one attached hydrogen (secondary N) is 2. The topological polar surface area (TPSA) is 84.6 Å². The minimum absolute atomic E-state index is 0.250. The summed E-state index contributed by atoms with van der Waals surface area (Å²) in [6.45, 7) is 6.86. The molecule has 1 heterocycles. The summed E-state index contributed by atoms with van der Waals surface area (Å²) in [6.07, 6.45) is 0. The largest absolute Gasteiger partial charge is 0.377 e. The molecule has 1 aromatic rings. The molecule has 0 atom stereocenters. The maximum Gasteiger partial charge on any atom is 0.223 e. The average Bonchev–Trinajstić information content (AvgIpc) is 2.75. The maximum atomic E-state index is 5.31. The molecular weight excluding hydrogens is 234 g/mol. The molecule has 0 aromatic carbocycles. The van der Waals surface area contributed by atoms with Gasteiger partial charge in [0.2, 0.25) is 5.89 Å². The molecule has 0 spiro atoms. The molecule has 0 bridgehead atoms. The summed E-state index contributed by atoms with van der Waals surface area (Å²) in [5, 5.41) is 10.1. The fourth-order valence-corrected chi connectivity index (χ4v) is 1.17. The van der Waals surface area contributed by atoms with Gasteiger partial charge >= 0.3 is 0 Å². The number of guanidine groups is 1. The van der Waals surface area contributed by atoms with Gasteiger partial charge in [-0.15, -0.1) is 0 Å². The number of ether oxygens (including phenoxy) is 1. The first-order valence-corrected chi connectivity index (χ1v) is 5.75. The monoisotopic (exact) mass is 255 g/mol. The van der Waals surface area contributed by atoms with E-state index in [2.05, 4.69) is 25.8 Å². The Morgan fingerprint density at radius 3 is 2.67 bits per heavy atom. The van der Waals surface area contributed by atoms with Crippen LogP contribution in [0.2, 0.25) is 0 Å². The molecule has 102 valence electrons. The lowest BCUT2D eigenvalue weighted by Crippen LogP contribution is -2.45. The summed E-state index contributed by atoms with van der Waals surface area (Å²) in [6, 6.07) is 0. The van der Waals surface area contributed by atoms with Gasteiger partial charge in [0.25, 0.3) is 0 Å². The third-order valence-corrected chi connectivity index (χ3v) is 2.44. The molecule has 0 fully saturated rings. The number of aryl methyl sites for hydroxylation is 1. The van der Waals surface area contributed by atoms with Crippen molar-refractivity contribution < 1.29 is 9.26 Å². The van der Waals surface area contributed by atoms with Crippen LogP contribution in [0.5, 0.6) is 0 Å². The van der Waals surface area contributed by atoms with Gasteiger partial charge in [-0.3, -0.25) is 4.99 Å². The molecule has 18 heavy (non-hydrogen) atoms. The Balaban J connectivity index is 2.39. The lowest BCUT2D eigenvalue weighted by atomic mass is 10.1. The van der Waals surface area contributed by atoms with E-state index in [-0.39, 0.29) is 5.60 Å². The van der Waals surface area contributed by atoms with Gasteiger partial charge in [0, 0.05) is 27.6 Å². The highest BCUT2D eigenvalue weighted by Crippen LogP contribution is 2.04. The van der Waals surface area contributed by atoms with Gasteiger partial charge in [0.05, 0.1) is 12.1 Å². The first-order valence-electron chi connectivity index (χ1n) is 5.75. The van der Waals surface area contributed by atoms with Crippen LogP contribution in [-0.4, -0.2) is 42.4 Å². The van der Waals surface area contributed by atoms with Crippen LogP contribution in [-0.2, 0) is 11.3 Å². The Morgan fingerprint density at radius 1 is 1.44 bits per heavy atom. The zero-order chi connectivity index (χ0) is 13.6. The molecule has 0 aliphatic carbocycles. The fourth-order valence-electron chi connectivity index (χ4n) is 1.17. The molecule has 7 heteroatoms. The van der Waals surface area contributed by atoms with Crippen molar-refractivity contribution in [2.24, 2.45) is 4.99 Å². The Morgan fingerprint density at radius 2 is 2.17 bits per heavy atom. The van der Waals surface area contributed by atoms with Crippen molar-refractivity contribution in [2.45, 2.75) is 32.9 Å². The highest BCUT2D eigenvalue weighted by atomic mass is 16.5. The predicted octanol–water partition coefficient (Wildman–Crippen LogP) is 0.468. The summed E-state index contributed by atoms with van der Waals surface area (Å²) in [4.78, 5) is 8.19. The van der Waals surface area contributed by atoms with E-state index in [4.69, 9.17) is 9.26 Å². The summed E-state index contributed by atoms with van der Waals surface area (Å²) >= 11 is 0. The van der Waals surface area contributed by atoms with Crippen LogP contribution in [0.3, 0.4) is 0 Å². The first-order chi connectivity index (χ1) is 8.46. The van der Waals surface area contributed by atoms with Crippen molar-refractivity contribution in [1.29, 1.82) is 0 Å². The van der Waals surface area contributed by atoms with Crippen molar-refractivity contribution in [3.8, 4) is 0 Å². The normalized spacial score (nSPS) is 12.6. The van der Waals surface area contributed by atoms with E-state index in [0.29, 0.717) is 30.8 Å². The molecule has 1 rings (SSSR count). The number of methoxy groups -OCH3 is 1. The summed E-state index contributed by atoms with van der Waals surface area (Å²) < 4.78 is 10.2. The van der Waals surface area contributed by atoms with Gasteiger partial charge < -0.3 is 19.9 Å². The molecule has 7 nitrogen and oxygen atoms in total. The molecule has 0 amide bonds. The van der Waals surface area contributed by atoms with Crippen LogP contribution in [0.4, 0.5) is 0 Å². The van der Waals surface area contributed by atoms with Crippen LogP contribution in [0, 0.1) is 6.92 Å². The SMILES string of the molecule is CN=C(NCc1noc(C)n1)NCC(C)(C)OC. The standard InChI is InChI=1S/C11H21N5O2/c1-8-15-9(16-18-8)6-13-10(12-4)14-7-11(2,3)17-5/h6-7H2,1-5H3,(H2,12,13,14). The minimum Gasteiger partial charge on any atom is -0.377 e. The molecular formula is C11H21N5O2. The van der Waals surface area contributed by atoms with Crippen molar-refractivity contribution in [2.75, 3.05) is 20.7 Å². The van der Waals surface area contributed by atoms with Crippen LogP contribution in [0.25, 0.3) is 0 Å². The first kappa shape index (κ1) is 14.4. The Kier molecular flexibility index (Phi) is 5.08. The molecule has 0 unspecified atom stereocenters. The second-order valence-corrected chi connectivity index (χ2v) is 4.47. The molecule has 0 radical (unpaired) electrons. The molecule has 0 saturated heterocycles. The van der Waals surface area contributed by atoms with E-state index in [9.17, 15) is 0 Å². The Bertz CT molecular complexity index is 400. The van der Waals surface area contributed by atoms with Gasteiger partial charge in [-0.05, 0) is 13.8 Å². The highest BCUT2D eigenvalue weighted by molar-refractivity contribution is 5.79. The van der Waals surface area contributed by atoms with Crippen LogP contribution in [0.15, 0.2) is 9.52 Å². The van der Waals surface area contributed by atoms with Crippen molar-refractivity contribution in [1.82, 2.24) is 20.8 Å². The summed E-state index contributed by atoms with van der Waals surface area (Å²) in [5.41, 5.74) is -0.250. The number of hydrogen-bond acceptors (Lipinski definition) is 5. The van der Waals surface area contributed by atoms with Crippen molar-refractivity contribution >= 4 is 5.96 Å². The zero-order valence-corrected chi connectivity index (χ0v) is 11.6. The fraction of sp³-hybridized carbons (Fsp3) is 0.727.